The molecule has 1 nitrogen and oxygen atoms in total. The SMILES string of the molecule is Cc1ccc(Cl)cc1-c1c(N)sc2c1CCC(C)C2. The maximum absolute atomic E-state index is 6.29. The molecule has 1 aliphatic carbocycles. The molecular weight excluding hydrogens is 274 g/mol. The van der Waals surface area contributed by atoms with Crippen LogP contribution in [0.5, 0.6) is 0 Å². The van der Waals surface area contributed by atoms with E-state index < -0.39 is 0 Å². The zero-order valence-electron chi connectivity index (χ0n) is 11.3. The van der Waals surface area contributed by atoms with Crippen LogP contribution >= 0.6 is 22.9 Å². The van der Waals surface area contributed by atoms with Crippen molar-refractivity contribution < 1.29 is 0 Å². The Kier molecular flexibility index (Phi) is 3.32. The highest BCUT2D eigenvalue weighted by atomic mass is 35.5. The average Bonchev–Trinajstić information content (AvgIpc) is 2.67. The van der Waals surface area contributed by atoms with Crippen molar-refractivity contribution in [2.75, 3.05) is 5.73 Å². The number of anilines is 1. The smallest absolute Gasteiger partial charge is 0.0941 e. The van der Waals surface area contributed by atoms with Crippen molar-refractivity contribution in [2.45, 2.75) is 33.1 Å². The van der Waals surface area contributed by atoms with E-state index in [4.69, 9.17) is 17.3 Å². The second-order valence-electron chi connectivity index (χ2n) is 5.55. The summed E-state index contributed by atoms with van der Waals surface area (Å²) in [4.78, 5) is 1.48. The Morgan fingerprint density at radius 1 is 1.37 bits per heavy atom. The van der Waals surface area contributed by atoms with Gasteiger partial charge in [0.15, 0.2) is 0 Å². The van der Waals surface area contributed by atoms with Crippen molar-refractivity contribution >= 4 is 27.9 Å². The van der Waals surface area contributed by atoms with E-state index in [-0.39, 0.29) is 0 Å². The summed E-state index contributed by atoms with van der Waals surface area (Å²) in [5.74, 6) is 0.777. The number of rotatable bonds is 1. The lowest BCUT2D eigenvalue weighted by atomic mass is 9.86. The van der Waals surface area contributed by atoms with E-state index in [1.54, 1.807) is 11.3 Å². The summed E-state index contributed by atoms with van der Waals surface area (Å²) in [7, 11) is 0. The Hall–Kier alpha value is -0.990. The number of benzene rings is 1. The maximum atomic E-state index is 6.29. The van der Waals surface area contributed by atoms with E-state index in [2.05, 4.69) is 19.9 Å². The third kappa shape index (κ3) is 2.28. The van der Waals surface area contributed by atoms with Crippen molar-refractivity contribution in [2.24, 2.45) is 5.92 Å². The summed E-state index contributed by atoms with van der Waals surface area (Å²) in [6, 6.07) is 6.07. The van der Waals surface area contributed by atoms with E-state index in [0.717, 1.165) is 22.4 Å². The molecule has 1 aromatic heterocycles. The van der Waals surface area contributed by atoms with Gasteiger partial charge in [-0.05, 0) is 60.9 Å². The monoisotopic (exact) mass is 291 g/mol. The van der Waals surface area contributed by atoms with Crippen LogP contribution in [0.25, 0.3) is 11.1 Å². The molecule has 0 saturated carbocycles. The number of nitrogen functional groups attached to an aromatic ring is 1. The molecular formula is C16H18ClNS. The number of hydrogen-bond donors (Lipinski definition) is 1. The van der Waals surface area contributed by atoms with Gasteiger partial charge in [-0.15, -0.1) is 11.3 Å². The quantitative estimate of drug-likeness (QED) is 0.778. The molecule has 2 N–H and O–H groups in total. The maximum Gasteiger partial charge on any atom is 0.0941 e. The van der Waals surface area contributed by atoms with Crippen LogP contribution in [0.15, 0.2) is 18.2 Å². The molecule has 0 fully saturated rings. The van der Waals surface area contributed by atoms with Crippen molar-refractivity contribution in [1.29, 1.82) is 0 Å². The molecule has 0 saturated heterocycles. The van der Waals surface area contributed by atoms with Gasteiger partial charge in [-0.1, -0.05) is 24.6 Å². The van der Waals surface area contributed by atoms with Gasteiger partial charge >= 0.3 is 0 Å². The topological polar surface area (TPSA) is 26.0 Å². The molecule has 0 spiro atoms. The Labute approximate surface area is 123 Å². The molecule has 0 aliphatic heterocycles. The van der Waals surface area contributed by atoms with Gasteiger partial charge in [0, 0.05) is 15.5 Å². The first-order chi connectivity index (χ1) is 9.06. The van der Waals surface area contributed by atoms with E-state index in [1.807, 2.05) is 12.1 Å². The highest BCUT2D eigenvalue weighted by Crippen LogP contribution is 2.44. The van der Waals surface area contributed by atoms with Gasteiger partial charge in [0.05, 0.1) is 5.00 Å². The van der Waals surface area contributed by atoms with E-state index in [9.17, 15) is 0 Å². The molecule has 0 amide bonds. The van der Waals surface area contributed by atoms with E-state index in [0.29, 0.717) is 0 Å². The first kappa shape index (κ1) is 13.0. The fourth-order valence-corrected chi connectivity index (χ4v) is 4.40. The van der Waals surface area contributed by atoms with Crippen LogP contribution in [0.2, 0.25) is 5.02 Å². The van der Waals surface area contributed by atoms with Gasteiger partial charge in [-0.3, -0.25) is 0 Å². The van der Waals surface area contributed by atoms with E-state index in [1.165, 1.54) is 40.0 Å². The largest absolute Gasteiger partial charge is 0.390 e. The number of fused-ring (bicyclic) bond motifs is 1. The van der Waals surface area contributed by atoms with Gasteiger partial charge in [-0.2, -0.15) is 0 Å². The number of aryl methyl sites for hydroxylation is 1. The molecule has 100 valence electrons. The Bertz CT molecular complexity index is 630. The predicted octanol–water partition coefficient (Wildman–Crippen LogP) is 5.08. The van der Waals surface area contributed by atoms with E-state index >= 15 is 0 Å². The number of thiophene rings is 1. The molecule has 1 atom stereocenters. The van der Waals surface area contributed by atoms with Gasteiger partial charge in [0.2, 0.25) is 0 Å². The second kappa shape index (κ2) is 4.84. The highest BCUT2D eigenvalue weighted by molar-refractivity contribution is 7.16. The van der Waals surface area contributed by atoms with Gasteiger partial charge in [0.25, 0.3) is 0 Å². The zero-order chi connectivity index (χ0) is 13.6. The van der Waals surface area contributed by atoms with Crippen molar-refractivity contribution in [1.82, 2.24) is 0 Å². The summed E-state index contributed by atoms with van der Waals surface area (Å²) >= 11 is 7.92. The van der Waals surface area contributed by atoms with Crippen molar-refractivity contribution in [3.05, 3.63) is 39.2 Å². The fraction of sp³-hybridized carbons (Fsp3) is 0.375. The first-order valence-corrected chi connectivity index (χ1v) is 7.92. The Balaban J connectivity index is 2.18. The Morgan fingerprint density at radius 2 is 2.16 bits per heavy atom. The minimum atomic E-state index is 0.777. The molecule has 3 rings (SSSR count). The summed E-state index contributed by atoms with van der Waals surface area (Å²) in [6.45, 7) is 4.45. The number of hydrogen-bond acceptors (Lipinski definition) is 2. The van der Waals surface area contributed by atoms with Crippen LogP contribution in [0.1, 0.15) is 29.3 Å². The average molecular weight is 292 g/mol. The van der Waals surface area contributed by atoms with Gasteiger partial charge in [-0.25, -0.2) is 0 Å². The predicted molar refractivity (Wildman–Crippen MR) is 85.1 cm³/mol. The summed E-state index contributed by atoms with van der Waals surface area (Å²) < 4.78 is 0. The molecule has 0 radical (unpaired) electrons. The summed E-state index contributed by atoms with van der Waals surface area (Å²) in [5, 5.41) is 1.73. The molecule has 3 heteroatoms. The standard InChI is InChI=1S/C16H18ClNS/c1-9-3-6-12-14(7-9)19-16(18)15(12)13-8-11(17)5-4-10(13)2/h4-5,8-9H,3,6-7,18H2,1-2H3. The third-order valence-electron chi connectivity index (χ3n) is 4.01. The van der Waals surface area contributed by atoms with Gasteiger partial charge in [0.1, 0.15) is 0 Å². The lowest BCUT2D eigenvalue weighted by Crippen LogP contribution is -2.09. The van der Waals surface area contributed by atoms with Crippen LogP contribution < -0.4 is 5.73 Å². The van der Waals surface area contributed by atoms with Crippen molar-refractivity contribution in [3.8, 4) is 11.1 Å². The van der Waals surface area contributed by atoms with Gasteiger partial charge < -0.3 is 5.73 Å². The van der Waals surface area contributed by atoms with Crippen LogP contribution in [-0.4, -0.2) is 0 Å². The van der Waals surface area contributed by atoms with Crippen LogP contribution in [0.4, 0.5) is 5.00 Å². The molecule has 1 aromatic carbocycles. The molecule has 1 heterocycles. The molecule has 19 heavy (non-hydrogen) atoms. The Morgan fingerprint density at radius 3 is 2.95 bits per heavy atom. The highest BCUT2D eigenvalue weighted by Gasteiger charge is 2.24. The fourth-order valence-electron chi connectivity index (χ4n) is 2.93. The molecule has 0 bridgehead atoms. The van der Waals surface area contributed by atoms with Crippen molar-refractivity contribution in [3.63, 3.8) is 0 Å². The van der Waals surface area contributed by atoms with Crippen LogP contribution in [0, 0.1) is 12.8 Å². The second-order valence-corrected chi connectivity index (χ2v) is 7.12. The number of nitrogens with two attached hydrogens (primary N) is 1. The van der Waals surface area contributed by atoms with Crippen LogP contribution in [-0.2, 0) is 12.8 Å². The molecule has 1 aliphatic rings. The minimum Gasteiger partial charge on any atom is -0.390 e. The first-order valence-electron chi connectivity index (χ1n) is 6.72. The summed E-state index contributed by atoms with van der Waals surface area (Å²) in [6.07, 6.45) is 3.57. The third-order valence-corrected chi connectivity index (χ3v) is 5.33. The summed E-state index contributed by atoms with van der Waals surface area (Å²) in [5.41, 5.74) is 11.5. The lowest BCUT2D eigenvalue weighted by molar-refractivity contribution is 0.508. The zero-order valence-corrected chi connectivity index (χ0v) is 12.9. The minimum absolute atomic E-state index is 0.777. The normalized spacial score (nSPS) is 18.4. The molecule has 2 aromatic rings. The van der Waals surface area contributed by atoms with Crippen LogP contribution in [0.3, 0.4) is 0 Å². The molecule has 1 unspecified atom stereocenters. The lowest BCUT2D eigenvalue weighted by Gasteiger charge is -2.19. The number of halogens is 1.